The molecule has 0 N–H and O–H groups in total. The minimum absolute atomic E-state index is 0.0360. The quantitative estimate of drug-likeness (QED) is 0.837. The lowest BCUT2D eigenvalue weighted by molar-refractivity contribution is -0.134. The molecule has 1 aromatic carbocycles. The van der Waals surface area contributed by atoms with Crippen LogP contribution in [0, 0.1) is 17.2 Å². The number of nitrogens with zero attached hydrogens (tertiary/aromatic N) is 2. The van der Waals surface area contributed by atoms with Crippen LogP contribution in [0.4, 0.5) is 0 Å². The van der Waals surface area contributed by atoms with Crippen LogP contribution < -0.4 is 0 Å². The van der Waals surface area contributed by atoms with Crippen molar-refractivity contribution >= 4 is 17.7 Å². The summed E-state index contributed by atoms with van der Waals surface area (Å²) in [6, 6.07) is 10.6. The van der Waals surface area contributed by atoms with E-state index in [4.69, 9.17) is 5.26 Å². The molecule has 1 aliphatic heterocycles. The molecule has 1 aromatic rings. The third-order valence-corrected chi connectivity index (χ3v) is 5.72. The normalized spacial score (nSPS) is 21.4. The molecule has 0 spiro atoms. The minimum atomic E-state index is -0.0360. The third-order valence-electron chi connectivity index (χ3n) is 4.54. The van der Waals surface area contributed by atoms with Crippen molar-refractivity contribution in [1.29, 1.82) is 5.26 Å². The van der Waals surface area contributed by atoms with Crippen LogP contribution in [0.2, 0.25) is 0 Å². The Labute approximate surface area is 130 Å². The zero-order valence-corrected chi connectivity index (χ0v) is 13.1. The number of carbonyl (C=O) groups excluding carboxylic acids is 1. The molecule has 1 heterocycles. The summed E-state index contributed by atoms with van der Waals surface area (Å²) in [7, 11) is 0. The van der Waals surface area contributed by atoms with Gasteiger partial charge in [0.15, 0.2) is 0 Å². The van der Waals surface area contributed by atoms with Crippen molar-refractivity contribution in [2.24, 2.45) is 5.92 Å². The van der Waals surface area contributed by atoms with E-state index in [9.17, 15) is 4.79 Å². The van der Waals surface area contributed by atoms with Gasteiger partial charge in [-0.15, -0.1) is 11.8 Å². The van der Waals surface area contributed by atoms with E-state index in [1.807, 2.05) is 17.0 Å². The summed E-state index contributed by atoms with van der Waals surface area (Å²) in [5.74, 6) is 1.64. The second-order valence-corrected chi connectivity index (χ2v) is 6.98. The summed E-state index contributed by atoms with van der Waals surface area (Å²) in [6.07, 6.45) is 2.85. The molecule has 110 valence electrons. The number of amides is 1. The molecule has 0 unspecified atom stereocenters. The molecule has 3 nitrogen and oxygen atoms in total. The first-order valence-electron chi connectivity index (χ1n) is 7.61. The SMILES string of the molecule is C[C@@H](C1CC1)N(CCC#N)C(=O)[C@@H]1CSc2ccccc21. The Morgan fingerprint density at radius 2 is 2.24 bits per heavy atom. The molecule has 2 aliphatic rings. The predicted molar refractivity (Wildman–Crippen MR) is 84.0 cm³/mol. The molecule has 0 radical (unpaired) electrons. The maximum Gasteiger partial charge on any atom is 0.231 e. The Morgan fingerprint density at radius 3 is 2.95 bits per heavy atom. The summed E-state index contributed by atoms with van der Waals surface area (Å²) < 4.78 is 0. The standard InChI is InChI=1S/C17H20N2OS/c1-12(13-7-8-13)19(10-4-9-18)17(20)15-11-21-16-6-3-2-5-14(15)16/h2-3,5-6,12-13,15H,4,7-8,10-11H2,1H3/t12-,15+/m0/s1. The van der Waals surface area contributed by atoms with Gasteiger partial charge in [-0.2, -0.15) is 5.26 Å². The molecule has 2 atom stereocenters. The van der Waals surface area contributed by atoms with Crippen molar-refractivity contribution in [1.82, 2.24) is 4.90 Å². The van der Waals surface area contributed by atoms with Gasteiger partial charge >= 0.3 is 0 Å². The van der Waals surface area contributed by atoms with Crippen molar-refractivity contribution in [2.45, 2.75) is 43.0 Å². The number of hydrogen-bond donors (Lipinski definition) is 0. The lowest BCUT2D eigenvalue weighted by Crippen LogP contribution is -2.43. The average molecular weight is 300 g/mol. The summed E-state index contributed by atoms with van der Waals surface area (Å²) in [5.41, 5.74) is 1.16. The van der Waals surface area contributed by atoms with Gasteiger partial charge in [0.1, 0.15) is 0 Å². The van der Waals surface area contributed by atoms with Crippen LogP contribution in [-0.2, 0) is 4.79 Å². The zero-order chi connectivity index (χ0) is 14.8. The van der Waals surface area contributed by atoms with Gasteiger partial charge in [0, 0.05) is 23.2 Å². The molecule has 1 aliphatic carbocycles. The van der Waals surface area contributed by atoms with Crippen molar-refractivity contribution in [2.75, 3.05) is 12.3 Å². The minimum Gasteiger partial charge on any atom is -0.338 e. The Kier molecular flexibility index (Phi) is 4.21. The zero-order valence-electron chi connectivity index (χ0n) is 12.3. The molecule has 3 rings (SSSR count). The summed E-state index contributed by atoms with van der Waals surface area (Å²) >= 11 is 1.77. The molecule has 0 bridgehead atoms. The highest BCUT2D eigenvalue weighted by Crippen LogP contribution is 2.42. The first-order chi connectivity index (χ1) is 10.2. The Hall–Kier alpha value is -1.47. The van der Waals surface area contributed by atoms with Crippen LogP contribution in [0.5, 0.6) is 0 Å². The largest absolute Gasteiger partial charge is 0.338 e. The highest BCUT2D eigenvalue weighted by atomic mass is 32.2. The predicted octanol–water partition coefficient (Wildman–Crippen LogP) is 3.42. The van der Waals surface area contributed by atoms with Gasteiger partial charge in [0.2, 0.25) is 5.91 Å². The molecule has 1 fully saturated rings. The maximum absolute atomic E-state index is 13.0. The lowest BCUT2D eigenvalue weighted by atomic mass is 9.98. The Bertz CT molecular complexity index is 576. The van der Waals surface area contributed by atoms with Gasteiger partial charge in [0.05, 0.1) is 18.4 Å². The third kappa shape index (κ3) is 2.94. The molecule has 0 aromatic heterocycles. The van der Waals surface area contributed by atoms with Crippen molar-refractivity contribution < 1.29 is 4.79 Å². The second kappa shape index (κ2) is 6.11. The number of thioether (sulfide) groups is 1. The molecule has 0 saturated heterocycles. The Balaban J connectivity index is 1.79. The topological polar surface area (TPSA) is 44.1 Å². The van der Waals surface area contributed by atoms with E-state index in [2.05, 4.69) is 25.1 Å². The number of carbonyl (C=O) groups is 1. The number of nitriles is 1. The van der Waals surface area contributed by atoms with Gasteiger partial charge in [-0.05, 0) is 37.3 Å². The van der Waals surface area contributed by atoms with Crippen LogP contribution in [0.15, 0.2) is 29.2 Å². The molecule has 21 heavy (non-hydrogen) atoms. The number of fused-ring (bicyclic) bond motifs is 1. The van der Waals surface area contributed by atoms with Gasteiger partial charge in [-0.3, -0.25) is 4.79 Å². The lowest BCUT2D eigenvalue weighted by Gasteiger charge is -2.31. The maximum atomic E-state index is 13.0. The van der Waals surface area contributed by atoms with Crippen LogP contribution in [-0.4, -0.2) is 29.1 Å². The summed E-state index contributed by atoms with van der Waals surface area (Å²) in [4.78, 5) is 16.2. The molecular weight excluding hydrogens is 280 g/mol. The van der Waals surface area contributed by atoms with Crippen LogP contribution >= 0.6 is 11.8 Å². The van der Waals surface area contributed by atoms with Crippen molar-refractivity contribution in [3.05, 3.63) is 29.8 Å². The van der Waals surface area contributed by atoms with E-state index in [0.29, 0.717) is 18.9 Å². The fourth-order valence-electron chi connectivity index (χ4n) is 3.09. The monoisotopic (exact) mass is 300 g/mol. The first-order valence-corrected chi connectivity index (χ1v) is 8.60. The smallest absolute Gasteiger partial charge is 0.231 e. The number of rotatable bonds is 5. The fraction of sp³-hybridized carbons (Fsp3) is 0.529. The van der Waals surface area contributed by atoms with Gasteiger partial charge in [-0.1, -0.05) is 18.2 Å². The van der Waals surface area contributed by atoms with E-state index in [-0.39, 0.29) is 17.9 Å². The molecule has 1 saturated carbocycles. The first kappa shape index (κ1) is 14.5. The molecule has 4 heteroatoms. The molecular formula is C17H20N2OS. The summed E-state index contributed by atoms with van der Waals surface area (Å²) in [6.45, 7) is 2.71. The van der Waals surface area contributed by atoms with E-state index in [1.54, 1.807) is 11.8 Å². The summed E-state index contributed by atoms with van der Waals surface area (Å²) in [5, 5.41) is 8.86. The van der Waals surface area contributed by atoms with Crippen LogP contribution in [0.3, 0.4) is 0 Å². The average Bonchev–Trinajstić information content (AvgIpc) is 3.26. The van der Waals surface area contributed by atoms with Gasteiger partial charge in [-0.25, -0.2) is 0 Å². The van der Waals surface area contributed by atoms with Gasteiger partial charge < -0.3 is 4.90 Å². The number of benzene rings is 1. The van der Waals surface area contributed by atoms with Crippen LogP contribution in [0.25, 0.3) is 0 Å². The second-order valence-electron chi connectivity index (χ2n) is 5.92. The molecule has 1 amide bonds. The van der Waals surface area contributed by atoms with Crippen molar-refractivity contribution in [3.8, 4) is 6.07 Å². The van der Waals surface area contributed by atoms with Crippen molar-refractivity contribution in [3.63, 3.8) is 0 Å². The van der Waals surface area contributed by atoms with E-state index in [1.165, 1.54) is 17.7 Å². The van der Waals surface area contributed by atoms with E-state index < -0.39 is 0 Å². The van der Waals surface area contributed by atoms with E-state index >= 15 is 0 Å². The fourth-order valence-corrected chi connectivity index (χ4v) is 4.31. The number of hydrogen-bond acceptors (Lipinski definition) is 3. The van der Waals surface area contributed by atoms with Gasteiger partial charge in [0.25, 0.3) is 0 Å². The van der Waals surface area contributed by atoms with E-state index in [0.717, 1.165) is 11.3 Å². The Morgan fingerprint density at radius 1 is 1.48 bits per heavy atom. The van der Waals surface area contributed by atoms with Crippen LogP contribution in [0.1, 0.15) is 37.7 Å². The highest BCUT2D eigenvalue weighted by Gasteiger charge is 2.38. The highest BCUT2D eigenvalue weighted by molar-refractivity contribution is 7.99.